The standard InChI is InChI=1S/C13H29NO2/c1-11(2)16-10-9-14(6)8-7-12(15)13(3,4)5/h11-12,15H,7-10H2,1-6H3. The molecule has 16 heavy (non-hydrogen) atoms. The van der Waals surface area contributed by atoms with Gasteiger partial charge >= 0.3 is 0 Å². The number of aliphatic hydroxyl groups excluding tert-OH is 1. The first-order valence-corrected chi connectivity index (χ1v) is 6.21. The summed E-state index contributed by atoms with van der Waals surface area (Å²) in [4.78, 5) is 2.21. The fraction of sp³-hybridized carbons (Fsp3) is 1.00. The first kappa shape index (κ1) is 15.9. The molecule has 0 spiro atoms. The lowest BCUT2D eigenvalue weighted by Gasteiger charge is -2.27. The number of aliphatic hydroxyl groups is 1. The number of ether oxygens (including phenoxy) is 1. The van der Waals surface area contributed by atoms with Crippen LogP contribution in [0, 0.1) is 5.41 Å². The Bertz CT molecular complexity index is 175. The second-order valence-electron chi connectivity index (χ2n) is 5.89. The number of likely N-dealkylation sites (N-methyl/N-ethyl adjacent to an activating group) is 1. The van der Waals surface area contributed by atoms with Crippen LogP contribution in [-0.4, -0.2) is 49.0 Å². The molecule has 1 unspecified atom stereocenters. The summed E-state index contributed by atoms with van der Waals surface area (Å²) in [6, 6.07) is 0. The molecule has 0 saturated heterocycles. The maximum Gasteiger partial charge on any atom is 0.0600 e. The van der Waals surface area contributed by atoms with Gasteiger partial charge in [-0.25, -0.2) is 0 Å². The Hall–Kier alpha value is -0.120. The van der Waals surface area contributed by atoms with Gasteiger partial charge in [0.1, 0.15) is 0 Å². The molecule has 0 fully saturated rings. The normalized spacial score (nSPS) is 14.8. The Balaban J connectivity index is 3.61. The predicted octanol–water partition coefficient (Wildman–Crippen LogP) is 2.14. The van der Waals surface area contributed by atoms with Crippen molar-refractivity contribution in [3.05, 3.63) is 0 Å². The van der Waals surface area contributed by atoms with E-state index in [0.717, 1.165) is 26.1 Å². The second-order valence-corrected chi connectivity index (χ2v) is 5.89. The number of rotatable bonds is 7. The Labute approximate surface area is 101 Å². The molecule has 0 saturated carbocycles. The third-order valence-corrected chi connectivity index (χ3v) is 2.71. The summed E-state index contributed by atoms with van der Waals surface area (Å²) in [6.07, 6.45) is 0.885. The van der Waals surface area contributed by atoms with E-state index < -0.39 is 0 Å². The molecule has 0 amide bonds. The second kappa shape index (κ2) is 7.25. The van der Waals surface area contributed by atoms with E-state index in [9.17, 15) is 5.11 Å². The van der Waals surface area contributed by atoms with E-state index in [1.165, 1.54) is 0 Å². The van der Waals surface area contributed by atoms with E-state index in [2.05, 4.69) is 32.7 Å². The Morgan fingerprint density at radius 3 is 2.19 bits per heavy atom. The van der Waals surface area contributed by atoms with Gasteiger partial charge in [0.05, 0.1) is 18.8 Å². The van der Waals surface area contributed by atoms with Crippen LogP contribution in [-0.2, 0) is 4.74 Å². The van der Waals surface area contributed by atoms with Gasteiger partial charge in [0.25, 0.3) is 0 Å². The fourth-order valence-electron chi connectivity index (χ4n) is 1.33. The van der Waals surface area contributed by atoms with Crippen LogP contribution in [0.2, 0.25) is 0 Å². The Morgan fingerprint density at radius 1 is 1.19 bits per heavy atom. The third kappa shape index (κ3) is 8.08. The molecule has 98 valence electrons. The molecule has 1 atom stereocenters. The van der Waals surface area contributed by atoms with E-state index in [0.29, 0.717) is 6.10 Å². The van der Waals surface area contributed by atoms with Crippen LogP contribution in [0.3, 0.4) is 0 Å². The fourth-order valence-corrected chi connectivity index (χ4v) is 1.33. The molecule has 0 heterocycles. The van der Waals surface area contributed by atoms with Gasteiger partial charge in [0.2, 0.25) is 0 Å². The van der Waals surface area contributed by atoms with Gasteiger partial charge in [0, 0.05) is 13.1 Å². The highest BCUT2D eigenvalue weighted by molar-refractivity contribution is 4.73. The number of nitrogens with zero attached hydrogens (tertiary/aromatic N) is 1. The zero-order valence-corrected chi connectivity index (χ0v) is 11.8. The van der Waals surface area contributed by atoms with Crippen molar-refractivity contribution in [3.63, 3.8) is 0 Å². The van der Waals surface area contributed by atoms with Gasteiger partial charge in [-0.1, -0.05) is 20.8 Å². The molecule has 1 N–H and O–H groups in total. The van der Waals surface area contributed by atoms with Crippen LogP contribution in [0.15, 0.2) is 0 Å². The smallest absolute Gasteiger partial charge is 0.0600 e. The summed E-state index contributed by atoms with van der Waals surface area (Å²) in [6.45, 7) is 12.9. The summed E-state index contributed by atoms with van der Waals surface area (Å²) in [5, 5.41) is 9.89. The van der Waals surface area contributed by atoms with E-state index in [1.807, 2.05) is 13.8 Å². The molecule has 0 aliphatic carbocycles. The van der Waals surface area contributed by atoms with Gasteiger partial charge < -0.3 is 14.7 Å². The molecule has 0 radical (unpaired) electrons. The van der Waals surface area contributed by atoms with Crippen molar-refractivity contribution in [1.29, 1.82) is 0 Å². The van der Waals surface area contributed by atoms with Gasteiger partial charge in [-0.3, -0.25) is 0 Å². The van der Waals surface area contributed by atoms with Crippen molar-refractivity contribution in [3.8, 4) is 0 Å². The lowest BCUT2D eigenvalue weighted by molar-refractivity contribution is 0.0374. The topological polar surface area (TPSA) is 32.7 Å². The molecule has 0 aliphatic heterocycles. The van der Waals surface area contributed by atoms with Crippen LogP contribution in [0.5, 0.6) is 0 Å². The minimum Gasteiger partial charge on any atom is -0.393 e. The zero-order valence-electron chi connectivity index (χ0n) is 11.8. The predicted molar refractivity (Wildman–Crippen MR) is 68.7 cm³/mol. The van der Waals surface area contributed by atoms with Crippen LogP contribution < -0.4 is 0 Å². The minimum atomic E-state index is -0.235. The van der Waals surface area contributed by atoms with Gasteiger partial charge in [0.15, 0.2) is 0 Å². The Kier molecular flexibility index (Phi) is 7.20. The largest absolute Gasteiger partial charge is 0.393 e. The average Bonchev–Trinajstić information content (AvgIpc) is 2.11. The molecule has 0 aliphatic rings. The first-order valence-electron chi connectivity index (χ1n) is 6.21. The minimum absolute atomic E-state index is 0.0186. The molecule has 3 heteroatoms. The van der Waals surface area contributed by atoms with E-state index >= 15 is 0 Å². The zero-order chi connectivity index (χ0) is 12.8. The van der Waals surface area contributed by atoms with Crippen molar-refractivity contribution in [2.24, 2.45) is 5.41 Å². The number of hydrogen-bond donors (Lipinski definition) is 1. The summed E-state index contributed by atoms with van der Waals surface area (Å²) < 4.78 is 5.48. The molecular formula is C13H29NO2. The lowest BCUT2D eigenvalue weighted by atomic mass is 9.87. The van der Waals surface area contributed by atoms with Crippen LogP contribution in [0.25, 0.3) is 0 Å². The monoisotopic (exact) mass is 231 g/mol. The van der Waals surface area contributed by atoms with Crippen LogP contribution in [0.4, 0.5) is 0 Å². The highest BCUT2D eigenvalue weighted by Gasteiger charge is 2.21. The summed E-state index contributed by atoms with van der Waals surface area (Å²) in [7, 11) is 2.07. The molecule has 0 aromatic carbocycles. The first-order chi connectivity index (χ1) is 7.23. The van der Waals surface area contributed by atoms with Crippen molar-refractivity contribution < 1.29 is 9.84 Å². The molecular weight excluding hydrogens is 202 g/mol. The van der Waals surface area contributed by atoms with Gasteiger partial charge in [-0.2, -0.15) is 0 Å². The highest BCUT2D eigenvalue weighted by Crippen LogP contribution is 2.21. The van der Waals surface area contributed by atoms with Crippen LogP contribution in [0.1, 0.15) is 41.0 Å². The van der Waals surface area contributed by atoms with E-state index in [1.54, 1.807) is 0 Å². The number of hydrogen-bond acceptors (Lipinski definition) is 3. The highest BCUT2D eigenvalue weighted by atomic mass is 16.5. The molecule has 0 rings (SSSR count). The van der Waals surface area contributed by atoms with Gasteiger partial charge in [-0.05, 0) is 32.7 Å². The lowest BCUT2D eigenvalue weighted by Crippen LogP contribution is -2.32. The van der Waals surface area contributed by atoms with Crippen molar-refractivity contribution >= 4 is 0 Å². The summed E-state index contributed by atoms with van der Waals surface area (Å²) in [5.41, 5.74) is -0.0186. The molecule has 0 bridgehead atoms. The molecule has 0 aromatic rings. The summed E-state index contributed by atoms with van der Waals surface area (Å²) >= 11 is 0. The Morgan fingerprint density at radius 2 is 1.75 bits per heavy atom. The SMILES string of the molecule is CC(C)OCCN(C)CCC(O)C(C)(C)C. The average molecular weight is 231 g/mol. The maximum atomic E-state index is 9.89. The third-order valence-electron chi connectivity index (χ3n) is 2.71. The van der Waals surface area contributed by atoms with E-state index in [4.69, 9.17) is 4.74 Å². The maximum absolute atomic E-state index is 9.89. The quantitative estimate of drug-likeness (QED) is 0.728. The van der Waals surface area contributed by atoms with Crippen molar-refractivity contribution in [1.82, 2.24) is 4.90 Å². The van der Waals surface area contributed by atoms with Gasteiger partial charge in [-0.15, -0.1) is 0 Å². The molecule has 3 nitrogen and oxygen atoms in total. The van der Waals surface area contributed by atoms with E-state index in [-0.39, 0.29) is 11.5 Å². The molecule has 0 aromatic heterocycles. The van der Waals surface area contributed by atoms with Crippen molar-refractivity contribution in [2.45, 2.75) is 53.2 Å². The van der Waals surface area contributed by atoms with Crippen LogP contribution >= 0.6 is 0 Å². The summed E-state index contributed by atoms with van der Waals surface area (Å²) in [5.74, 6) is 0. The van der Waals surface area contributed by atoms with Crippen molar-refractivity contribution in [2.75, 3.05) is 26.7 Å².